The van der Waals surface area contributed by atoms with Gasteiger partial charge in [-0.05, 0) is 0 Å². The molecule has 0 fully saturated rings. The molecule has 0 nitrogen and oxygen atoms in total. The fraction of sp³-hybridized carbons (Fsp3) is 0.714. The summed E-state index contributed by atoms with van der Waals surface area (Å²) in [5, 5.41) is 0. The third-order valence-electron chi connectivity index (χ3n) is 2.44. The van der Waals surface area contributed by atoms with Crippen molar-refractivity contribution in [2.24, 2.45) is 0 Å². The van der Waals surface area contributed by atoms with Crippen LogP contribution in [0.3, 0.4) is 0 Å². The molecule has 2 heteroatoms. The van der Waals surface area contributed by atoms with Crippen molar-refractivity contribution in [3.8, 4) is 0 Å². The molecule has 0 bridgehead atoms. The van der Waals surface area contributed by atoms with Crippen LogP contribution in [0.1, 0.15) is 58.3 Å². The molecule has 90 valence electrons. The van der Waals surface area contributed by atoms with Gasteiger partial charge < -0.3 is 0 Å². The van der Waals surface area contributed by atoms with Crippen molar-refractivity contribution < 1.29 is 0 Å². The fourth-order valence-electron chi connectivity index (χ4n) is 1.68. The summed E-state index contributed by atoms with van der Waals surface area (Å²) in [6.07, 6.45) is 6.84. The maximum absolute atomic E-state index is 2.40. The first kappa shape index (κ1) is 14.6. The predicted molar refractivity (Wildman–Crippen MR) is 77.3 cm³/mol. The van der Waals surface area contributed by atoms with Gasteiger partial charge in [0.15, 0.2) is 0 Å². The third-order valence-corrected chi connectivity index (χ3v) is 8.27. The number of unbranched alkanes of at least 4 members (excludes halogenated alkanes) is 3. The topological polar surface area (TPSA) is 0 Å². The summed E-state index contributed by atoms with van der Waals surface area (Å²) in [6.45, 7) is 9.44. The van der Waals surface area contributed by atoms with Crippen LogP contribution in [0.15, 0.2) is 12.1 Å². The first-order chi connectivity index (χ1) is 7.51. The molecule has 0 atom stereocenters. The molecule has 0 N–H and O–H groups in total. The van der Waals surface area contributed by atoms with Crippen LogP contribution in [0.5, 0.6) is 0 Å². The Hall–Kier alpha value is 0.499. The van der Waals surface area contributed by atoms with Gasteiger partial charge in [-0.1, -0.05) is 0 Å². The summed E-state index contributed by atoms with van der Waals surface area (Å²) in [5.41, 5.74) is 0. The molecule has 16 heavy (non-hydrogen) atoms. The number of hydrogen-bond acceptors (Lipinski definition) is 1. The molecule has 0 saturated heterocycles. The first-order valence-corrected chi connectivity index (χ1v) is 10.1. The molecule has 1 aromatic rings. The molecule has 0 aliphatic rings. The van der Waals surface area contributed by atoms with Gasteiger partial charge in [-0.25, -0.2) is 0 Å². The second-order valence-electron chi connectivity index (χ2n) is 5.45. The summed E-state index contributed by atoms with van der Waals surface area (Å²) < 4.78 is 2.31. The van der Waals surface area contributed by atoms with Crippen LogP contribution in [0, 0.1) is 0 Å². The van der Waals surface area contributed by atoms with Crippen molar-refractivity contribution in [1.82, 2.24) is 0 Å². The van der Waals surface area contributed by atoms with E-state index in [0.717, 1.165) is 0 Å². The molecule has 0 aliphatic heterocycles. The van der Waals surface area contributed by atoms with Gasteiger partial charge in [-0.15, -0.1) is 0 Å². The standard InChI is InChI=1S/C10H15S.C4H9.Sn/c1-2-3-4-5-7-10-8-6-9-11-10;1-4(2)3;/h6,8H,2-5,7H2,1H3;1-3H3;. The SMILES string of the molecule is CCCCCCc1cc[c]([Sn][C](C)(C)C)s1. The van der Waals surface area contributed by atoms with Crippen molar-refractivity contribution in [3.63, 3.8) is 0 Å². The van der Waals surface area contributed by atoms with Crippen molar-refractivity contribution in [2.75, 3.05) is 0 Å². The summed E-state index contributed by atoms with van der Waals surface area (Å²) in [7, 11) is 0. The Morgan fingerprint density at radius 2 is 1.88 bits per heavy atom. The summed E-state index contributed by atoms with van der Waals surface area (Å²) >= 11 is 1.74. The van der Waals surface area contributed by atoms with Gasteiger partial charge in [-0.3, -0.25) is 0 Å². The molecular weight excluding hydrogens is 319 g/mol. The normalized spacial score (nSPS) is 12.0. The Balaban J connectivity index is 2.34. The average molecular weight is 343 g/mol. The van der Waals surface area contributed by atoms with Crippen molar-refractivity contribution in [3.05, 3.63) is 17.0 Å². The quantitative estimate of drug-likeness (QED) is 0.530. The Bertz CT molecular complexity index is 296. The van der Waals surface area contributed by atoms with Crippen LogP contribution in [0.2, 0.25) is 3.43 Å². The van der Waals surface area contributed by atoms with E-state index >= 15 is 0 Å². The minimum absolute atomic E-state index is 0.354. The predicted octanol–water partition coefficient (Wildman–Crippen LogP) is 4.42. The molecule has 0 saturated carbocycles. The van der Waals surface area contributed by atoms with E-state index in [9.17, 15) is 0 Å². The van der Waals surface area contributed by atoms with Crippen molar-refractivity contribution >= 4 is 35.4 Å². The van der Waals surface area contributed by atoms with Crippen LogP contribution >= 0.6 is 11.3 Å². The molecule has 0 amide bonds. The molecule has 0 spiro atoms. The molecule has 0 aliphatic carbocycles. The summed E-state index contributed by atoms with van der Waals surface area (Å²) in [6, 6.07) is 4.77. The van der Waals surface area contributed by atoms with Gasteiger partial charge in [-0.2, -0.15) is 0 Å². The molecule has 0 unspecified atom stereocenters. The van der Waals surface area contributed by atoms with E-state index in [0.29, 0.717) is 3.43 Å². The second-order valence-corrected chi connectivity index (χ2v) is 14.2. The molecule has 1 heterocycles. The van der Waals surface area contributed by atoms with Crippen LogP contribution in [0.4, 0.5) is 0 Å². The van der Waals surface area contributed by atoms with E-state index in [4.69, 9.17) is 0 Å². The number of rotatable bonds is 6. The zero-order chi connectivity index (χ0) is 12.0. The van der Waals surface area contributed by atoms with E-state index < -0.39 is 0 Å². The van der Waals surface area contributed by atoms with E-state index in [2.05, 4.69) is 51.2 Å². The zero-order valence-corrected chi connectivity index (χ0v) is 14.8. The van der Waals surface area contributed by atoms with Gasteiger partial charge in [0.25, 0.3) is 0 Å². The van der Waals surface area contributed by atoms with Crippen molar-refractivity contribution in [1.29, 1.82) is 0 Å². The summed E-state index contributed by atoms with van der Waals surface area (Å²) in [5.74, 6) is 0. The van der Waals surface area contributed by atoms with Crippen LogP contribution in [-0.2, 0) is 6.42 Å². The van der Waals surface area contributed by atoms with Crippen LogP contribution in [0.25, 0.3) is 0 Å². The monoisotopic (exact) mass is 344 g/mol. The van der Waals surface area contributed by atoms with Gasteiger partial charge in [0.05, 0.1) is 0 Å². The maximum atomic E-state index is 2.40. The van der Waals surface area contributed by atoms with E-state index in [1.807, 2.05) is 0 Å². The van der Waals surface area contributed by atoms with Gasteiger partial charge in [0, 0.05) is 0 Å². The van der Waals surface area contributed by atoms with Crippen LogP contribution < -0.4 is 2.89 Å². The Kier molecular flexibility index (Phi) is 6.41. The Labute approximate surface area is 115 Å². The molecular formula is C14H24SSn. The second kappa shape index (κ2) is 7.05. The molecule has 0 aromatic carbocycles. The van der Waals surface area contributed by atoms with E-state index in [-0.39, 0.29) is 21.1 Å². The Morgan fingerprint density at radius 1 is 1.12 bits per heavy atom. The third kappa shape index (κ3) is 6.29. The zero-order valence-electron chi connectivity index (χ0n) is 11.1. The fourth-order valence-corrected chi connectivity index (χ4v) is 8.73. The van der Waals surface area contributed by atoms with Crippen molar-refractivity contribution in [2.45, 2.75) is 63.2 Å². The van der Waals surface area contributed by atoms with Gasteiger partial charge in [0.2, 0.25) is 0 Å². The molecule has 1 aromatic heterocycles. The molecule has 2 radical (unpaired) electrons. The number of aryl methyl sites for hydroxylation is 1. The van der Waals surface area contributed by atoms with E-state index in [1.54, 1.807) is 7.77 Å². The van der Waals surface area contributed by atoms with Crippen LogP contribution in [-0.4, -0.2) is 21.1 Å². The number of thiophene rings is 1. The summed E-state index contributed by atoms with van der Waals surface area (Å²) in [4.78, 5) is 1.62. The average Bonchev–Trinajstić information content (AvgIpc) is 2.58. The van der Waals surface area contributed by atoms with E-state index in [1.165, 1.54) is 32.1 Å². The minimum atomic E-state index is -0.354. The van der Waals surface area contributed by atoms with Gasteiger partial charge >= 0.3 is 116 Å². The Morgan fingerprint density at radius 3 is 2.50 bits per heavy atom. The first-order valence-electron chi connectivity index (χ1n) is 6.38. The molecule has 1 rings (SSSR count). The van der Waals surface area contributed by atoms with Gasteiger partial charge in [0.1, 0.15) is 0 Å². The number of hydrogen-bond donors (Lipinski definition) is 0.